The van der Waals surface area contributed by atoms with Gasteiger partial charge in [0.25, 0.3) is 5.91 Å². The third-order valence-corrected chi connectivity index (χ3v) is 4.99. The number of hydrogen-bond acceptors (Lipinski definition) is 2. The van der Waals surface area contributed by atoms with E-state index in [1.54, 1.807) is 18.3 Å². The van der Waals surface area contributed by atoms with E-state index in [4.69, 9.17) is 0 Å². The lowest BCUT2D eigenvalue weighted by Gasteiger charge is -2.22. The monoisotopic (exact) mass is 420 g/mol. The lowest BCUT2D eigenvalue weighted by molar-refractivity contribution is 0.0938. The van der Waals surface area contributed by atoms with Crippen molar-refractivity contribution in [3.8, 4) is 5.75 Å². The largest absolute Gasteiger partial charge is 0.508 e. The molecule has 3 aromatic carbocycles. The summed E-state index contributed by atoms with van der Waals surface area (Å²) in [7, 11) is 0. The Balaban J connectivity index is 1.85. The van der Waals surface area contributed by atoms with E-state index in [1.807, 2.05) is 60.7 Å². The number of carbonyl (C=O) groups excluding carboxylic acids is 1. The number of rotatable bonds is 4. The van der Waals surface area contributed by atoms with Gasteiger partial charge in [-0.15, -0.1) is 0 Å². The number of amides is 1. The van der Waals surface area contributed by atoms with Gasteiger partial charge in [0, 0.05) is 16.2 Å². The van der Waals surface area contributed by atoms with E-state index in [1.165, 1.54) is 0 Å². The molecule has 0 aliphatic carbocycles. The molecule has 1 atom stereocenters. The van der Waals surface area contributed by atoms with E-state index in [0.717, 1.165) is 20.8 Å². The second-order valence-electron chi connectivity index (χ2n) is 6.27. The van der Waals surface area contributed by atoms with Crippen molar-refractivity contribution in [3.05, 3.63) is 100 Å². The van der Waals surface area contributed by atoms with Gasteiger partial charge >= 0.3 is 0 Å². The molecule has 1 aromatic heterocycles. The molecule has 0 saturated carbocycles. The molecule has 4 rings (SSSR count). The molecule has 4 aromatic rings. The Hall–Kier alpha value is -3.05. The molecule has 1 amide bonds. The lowest BCUT2D eigenvalue weighted by atomic mass is 9.92. The standard InChI is InChI=1S/C22H17BrN2O2/c23-16-12-18(24-13-16)22(27)25-21(15-7-2-1-3-8-15)20-17-9-5-4-6-14(17)10-11-19(20)26/h1-13,21,24,26H,(H,25,27). The molecule has 0 aliphatic heterocycles. The SMILES string of the molecule is O=C(NC(c1ccccc1)c1c(O)ccc2ccccc12)c1cc(Br)c[nH]1. The second-order valence-corrected chi connectivity index (χ2v) is 7.18. The molecule has 0 bridgehead atoms. The van der Waals surface area contributed by atoms with Gasteiger partial charge in [-0.05, 0) is 44.4 Å². The third kappa shape index (κ3) is 3.46. The first-order valence-corrected chi connectivity index (χ1v) is 9.33. The van der Waals surface area contributed by atoms with E-state index >= 15 is 0 Å². The summed E-state index contributed by atoms with van der Waals surface area (Å²) in [5, 5.41) is 15.6. The number of nitrogens with one attached hydrogen (secondary N) is 2. The lowest BCUT2D eigenvalue weighted by Crippen LogP contribution is -2.29. The molecule has 3 N–H and O–H groups in total. The van der Waals surface area contributed by atoms with Crippen LogP contribution in [0, 0.1) is 0 Å². The van der Waals surface area contributed by atoms with E-state index in [2.05, 4.69) is 26.2 Å². The van der Waals surface area contributed by atoms with Crippen LogP contribution >= 0.6 is 15.9 Å². The minimum atomic E-state index is -0.494. The summed E-state index contributed by atoms with van der Waals surface area (Å²) >= 11 is 3.35. The van der Waals surface area contributed by atoms with Crippen molar-refractivity contribution in [1.82, 2.24) is 10.3 Å². The highest BCUT2D eigenvalue weighted by molar-refractivity contribution is 9.10. The number of aromatic nitrogens is 1. The van der Waals surface area contributed by atoms with Crippen LogP contribution in [0.5, 0.6) is 5.75 Å². The molecule has 4 nitrogen and oxygen atoms in total. The van der Waals surface area contributed by atoms with Gasteiger partial charge in [0.1, 0.15) is 11.4 Å². The van der Waals surface area contributed by atoms with Crippen LogP contribution in [0.1, 0.15) is 27.7 Å². The molecule has 1 unspecified atom stereocenters. The number of halogens is 1. The van der Waals surface area contributed by atoms with Crippen LogP contribution < -0.4 is 5.32 Å². The fourth-order valence-corrected chi connectivity index (χ4v) is 3.61. The molecule has 1 heterocycles. The van der Waals surface area contributed by atoms with Crippen LogP contribution in [-0.4, -0.2) is 16.0 Å². The average Bonchev–Trinajstić information content (AvgIpc) is 3.14. The number of fused-ring (bicyclic) bond motifs is 1. The van der Waals surface area contributed by atoms with Gasteiger partial charge in [0.15, 0.2) is 0 Å². The second kappa shape index (κ2) is 7.29. The van der Waals surface area contributed by atoms with E-state index in [9.17, 15) is 9.90 Å². The first kappa shape index (κ1) is 17.4. The van der Waals surface area contributed by atoms with Crippen molar-refractivity contribution in [2.24, 2.45) is 0 Å². The van der Waals surface area contributed by atoms with Gasteiger partial charge in [0.05, 0.1) is 6.04 Å². The quantitative estimate of drug-likeness (QED) is 0.427. The highest BCUT2D eigenvalue weighted by Gasteiger charge is 2.23. The van der Waals surface area contributed by atoms with E-state index in [-0.39, 0.29) is 11.7 Å². The van der Waals surface area contributed by atoms with Crippen molar-refractivity contribution < 1.29 is 9.90 Å². The Labute approximate surface area is 165 Å². The number of H-pyrrole nitrogens is 1. The molecule has 27 heavy (non-hydrogen) atoms. The van der Waals surface area contributed by atoms with Gasteiger partial charge in [-0.1, -0.05) is 60.7 Å². The number of hydrogen-bond donors (Lipinski definition) is 3. The minimum Gasteiger partial charge on any atom is -0.508 e. The predicted octanol–water partition coefficient (Wildman–Crippen LogP) is 5.16. The van der Waals surface area contributed by atoms with Crippen molar-refractivity contribution >= 4 is 32.6 Å². The fraction of sp³-hybridized carbons (Fsp3) is 0.0455. The van der Waals surface area contributed by atoms with Gasteiger partial charge in [-0.3, -0.25) is 4.79 Å². The molecular weight excluding hydrogens is 404 g/mol. The van der Waals surface area contributed by atoms with Gasteiger partial charge < -0.3 is 15.4 Å². The van der Waals surface area contributed by atoms with E-state index in [0.29, 0.717) is 11.3 Å². The van der Waals surface area contributed by atoms with Crippen LogP contribution in [0.2, 0.25) is 0 Å². The number of phenolic OH excluding ortho intramolecular Hbond substituents is 1. The zero-order chi connectivity index (χ0) is 18.8. The summed E-state index contributed by atoms with van der Waals surface area (Å²) in [6, 6.07) is 22.2. The minimum absolute atomic E-state index is 0.149. The Bertz CT molecular complexity index is 1110. The Morgan fingerprint density at radius 2 is 1.74 bits per heavy atom. The fourth-order valence-electron chi connectivity index (χ4n) is 3.26. The summed E-state index contributed by atoms with van der Waals surface area (Å²) in [6.07, 6.45) is 1.71. The highest BCUT2D eigenvalue weighted by atomic mass is 79.9. The van der Waals surface area contributed by atoms with Crippen molar-refractivity contribution in [3.63, 3.8) is 0 Å². The topological polar surface area (TPSA) is 65.1 Å². The molecule has 0 aliphatic rings. The number of phenols is 1. The normalized spacial score (nSPS) is 12.0. The van der Waals surface area contributed by atoms with Crippen LogP contribution in [0.4, 0.5) is 0 Å². The molecule has 0 spiro atoms. The summed E-state index contributed by atoms with van der Waals surface area (Å²) in [5.41, 5.74) is 2.02. The Kier molecular flexibility index (Phi) is 4.69. The molecule has 0 saturated heterocycles. The zero-order valence-electron chi connectivity index (χ0n) is 14.3. The maximum atomic E-state index is 12.8. The van der Waals surface area contributed by atoms with Crippen molar-refractivity contribution in [1.29, 1.82) is 0 Å². The number of aromatic hydroxyl groups is 1. The predicted molar refractivity (Wildman–Crippen MR) is 110 cm³/mol. The van der Waals surface area contributed by atoms with Crippen LogP contribution in [-0.2, 0) is 0 Å². The summed E-state index contributed by atoms with van der Waals surface area (Å²) in [4.78, 5) is 15.8. The number of benzene rings is 3. The maximum Gasteiger partial charge on any atom is 0.268 e. The number of aromatic amines is 1. The smallest absolute Gasteiger partial charge is 0.268 e. The summed E-state index contributed by atoms with van der Waals surface area (Å²) in [5.74, 6) is -0.0996. The first-order chi connectivity index (χ1) is 13.1. The summed E-state index contributed by atoms with van der Waals surface area (Å²) < 4.78 is 0.803. The summed E-state index contributed by atoms with van der Waals surface area (Å²) in [6.45, 7) is 0. The highest BCUT2D eigenvalue weighted by Crippen LogP contribution is 2.36. The molecule has 0 fully saturated rings. The van der Waals surface area contributed by atoms with Crippen LogP contribution in [0.3, 0.4) is 0 Å². The van der Waals surface area contributed by atoms with Crippen molar-refractivity contribution in [2.45, 2.75) is 6.04 Å². The van der Waals surface area contributed by atoms with Crippen LogP contribution in [0.25, 0.3) is 10.8 Å². The van der Waals surface area contributed by atoms with Gasteiger partial charge in [-0.2, -0.15) is 0 Å². The Morgan fingerprint density at radius 3 is 2.48 bits per heavy atom. The van der Waals surface area contributed by atoms with Crippen molar-refractivity contribution in [2.75, 3.05) is 0 Å². The zero-order valence-corrected chi connectivity index (χ0v) is 15.9. The van der Waals surface area contributed by atoms with E-state index < -0.39 is 6.04 Å². The van der Waals surface area contributed by atoms with Gasteiger partial charge in [0.2, 0.25) is 0 Å². The molecule has 134 valence electrons. The van der Waals surface area contributed by atoms with Gasteiger partial charge in [-0.25, -0.2) is 0 Å². The first-order valence-electron chi connectivity index (χ1n) is 8.54. The molecule has 0 radical (unpaired) electrons. The number of carbonyl (C=O) groups is 1. The third-order valence-electron chi connectivity index (χ3n) is 4.54. The Morgan fingerprint density at radius 1 is 1.00 bits per heavy atom. The average molecular weight is 421 g/mol. The maximum absolute atomic E-state index is 12.8. The van der Waals surface area contributed by atoms with Crippen LogP contribution in [0.15, 0.2) is 83.5 Å². The molecule has 5 heteroatoms. The molecular formula is C22H17BrN2O2.